The molecule has 128 valence electrons. The maximum absolute atomic E-state index is 12.2. The summed E-state index contributed by atoms with van der Waals surface area (Å²) in [5.74, 6) is -0.0149. The number of carbonyl (C=O) groups excluding carboxylic acids is 1. The summed E-state index contributed by atoms with van der Waals surface area (Å²) in [4.78, 5) is 12.2. The van der Waals surface area contributed by atoms with Gasteiger partial charge in [0, 0.05) is 22.9 Å². The van der Waals surface area contributed by atoms with Crippen molar-refractivity contribution in [1.29, 1.82) is 5.26 Å². The van der Waals surface area contributed by atoms with Crippen LogP contribution >= 0.6 is 27.5 Å². The van der Waals surface area contributed by atoms with Crippen molar-refractivity contribution >= 4 is 39.1 Å². The Hall–Kier alpha value is -2.49. The normalized spacial score (nSPS) is 10.7. The summed E-state index contributed by atoms with van der Waals surface area (Å²) in [5, 5.41) is 15.1. The second kappa shape index (κ2) is 9.11. The number of halogens is 2. The smallest absolute Gasteiger partial charge is 0.267 e. The van der Waals surface area contributed by atoms with Crippen molar-refractivity contribution in [1.82, 2.24) is 5.32 Å². The molecule has 1 amide bonds. The Kier molecular flexibility index (Phi) is 6.87. The minimum Gasteiger partial charge on any atom is -0.495 e. The molecule has 2 aromatic carbocycles. The van der Waals surface area contributed by atoms with E-state index in [-0.39, 0.29) is 5.57 Å². The Morgan fingerprint density at radius 3 is 2.64 bits per heavy atom. The molecule has 0 spiro atoms. The van der Waals surface area contributed by atoms with Gasteiger partial charge in [0.25, 0.3) is 5.91 Å². The Morgan fingerprint density at radius 1 is 1.32 bits per heavy atom. The SMILES string of the molecule is COc1ccc(NC(=O)/C(C#N)=C\NCc2ccc(Br)cc2)cc1Cl. The van der Waals surface area contributed by atoms with Crippen molar-refractivity contribution in [3.8, 4) is 11.8 Å². The Morgan fingerprint density at radius 2 is 2.04 bits per heavy atom. The number of nitriles is 1. The second-order valence-corrected chi connectivity index (χ2v) is 6.30. The molecule has 0 saturated heterocycles. The second-order valence-electron chi connectivity index (χ2n) is 4.98. The van der Waals surface area contributed by atoms with E-state index in [2.05, 4.69) is 26.6 Å². The van der Waals surface area contributed by atoms with Crippen molar-refractivity contribution in [2.45, 2.75) is 6.54 Å². The predicted octanol–water partition coefficient (Wildman–Crippen LogP) is 4.25. The van der Waals surface area contributed by atoms with Gasteiger partial charge in [-0.1, -0.05) is 39.7 Å². The molecular formula is C18H15BrClN3O2. The van der Waals surface area contributed by atoms with Crippen molar-refractivity contribution in [2.75, 3.05) is 12.4 Å². The zero-order chi connectivity index (χ0) is 18.2. The Balaban J connectivity index is 1.99. The molecule has 0 aliphatic rings. The fourth-order valence-corrected chi connectivity index (χ4v) is 2.49. The van der Waals surface area contributed by atoms with Crippen LogP contribution < -0.4 is 15.4 Å². The predicted molar refractivity (Wildman–Crippen MR) is 101 cm³/mol. The lowest BCUT2D eigenvalue weighted by Crippen LogP contribution is -2.16. The van der Waals surface area contributed by atoms with Crippen LogP contribution in [0.2, 0.25) is 5.02 Å². The zero-order valence-corrected chi connectivity index (χ0v) is 15.7. The van der Waals surface area contributed by atoms with Crippen LogP contribution in [0.5, 0.6) is 5.75 Å². The number of carbonyl (C=O) groups is 1. The molecule has 0 radical (unpaired) electrons. The average molecular weight is 421 g/mol. The highest BCUT2D eigenvalue weighted by Gasteiger charge is 2.10. The number of amides is 1. The van der Waals surface area contributed by atoms with E-state index in [9.17, 15) is 10.1 Å². The maximum atomic E-state index is 12.2. The van der Waals surface area contributed by atoms with Crippen LogP contribution in [0.3, 0.4) is 0 Å². The van der Waals surface area contributed by atoms with Gasteiger partial charge in [-0.05, 0) is 35.9 Å². The van der Waals surface area contributed by atoms with Gasteiger partial charge >= 0.3 is 0 Å². The van der Waals surface area contributed by atoms with Gasteiger partial charge in [0.05, 0.1) is 12.1 Å². The van der Waals surface area contributed by atoms with Crippen LogP contribution in [-0.2, 0) is 11.3 Å². The largest absolute Gasteiger partial charge is 0.495 e. The third-order valence-corrected chi connectivity index (χ3v) is 4.06. The fourth-order valence-electron chi connectivity index (χ4n) is 1.96. The van der Waals surface area contributed by atoms with Gasteiger partial charge in [-0.2, -0.15) is 5.26 Å². The van der Waals surface area contributed by atoms with Crippen LogP contribution in [0.25, 0.3) is 0 Å². The van der Waals surface area contributed by atoms with Crippen molar-refractivity contribution in [3.63, 3.8) is 0 Å². The Bertz CT molecular complexity index is 829. The standard InChI is InChI=1S/C18H15BrClN3O2/c1-25-17-7-6-15(8-16(17)20)23-18(24)13(9-21)11-22-10-12-2-4-14(19)5-3-12/h2-8,11,22H,10H2,1H3,(H,23,24)/b13-11-. The van der Waals surface area contributed by atoms with Crippen LogP contribution in [0.4, 0.5) is 5.69 Å². The first-order chi connectivity index (χ1) is 12.0. The fraction of sp³-hybridized carbons (Fsp3) is 0.111. The van der Waals surface area contributed by atoms with Crippen LogP contribution in [0, 0.1) is 11.3 Å². The van der Waals surface area contributed by atoms with E-state index in [0.29, 0.717) is 23.0 Å². The van der Waals surface area contributed by atoms with E-state index in [1.165, 1.54) is 13.3 Å². The highest BCUT2D eigenvalue weighted by molar-refractivity contribution is 9.10. The third-order valence-electron chi connectivity index (χ3n) is 3.24. The van der Waals surface area contributed by atoms with Gasteiger partial charge in [0.1, 0.15) is 17.4 Å². The number of benzene rings is 2. The third kappa shape index (κ3) is 5.52. The van der Waals surface area contributed by atoms with E-state index in [1.54, 1.807) is 18.2 Å². The molecule has 2 aromatic rings. The summed E-state index contributed by atoms with van der Waals surface area (Å²) in [5.41, 5.74) is 1.47. The monoisotopic (exact) mass is 419 g/mol. The molecular weight excluding hydrogens is 406 g/mol. The summed E-state index contributed by atoms with van der Waals surface area (Å²) in [6.45, 7) is 0.500. The number of nitrogens with one attached hydrogen (secondary N) is 2. The van der Waals surface area contributed by atoms with Gasteiger partial charge in [0.2, 0.25) is 0 Å². The number of rotatable bonds is 6. The topological polar surface area (TPSA) is 74.1 Å². The van der Waals surface area contributed by atoms with E-state index >= 15 is 0 Å². The molecule has 7 heteroatoms. The summed E-state index contributed by atoms with van der Waals surface area (Å²) in [6.07, 6.45) is 1.39. The summed E-state index contributed by atoms with van der Waals surface area (Å²) >= 11 is 9.38. The maximum Gasteiger partial charge on any atom is 0.267 e. The summed E-state index contributed by atoms with van der Waals surface area (Å²) in [7, 11) is 1.51. The van der Waals surface area contributed by atoms with E-state index < -0.39 is 5.91 Å². The minimum atomic E-state index is -0.521. The number of nitrogens with zero attached hydrogens (tertiary/aromatic N) is 1. The number of hydrogen-bond acceptors (Lipinski definition) is 4. The molecule has 0 unspecified atom stereocenters. The first-order valence-corrected chi connectivity index (χ1v) is 8.43. The molecule has 2 N–H and O–H groups in total. The summed E-state index contributed by atoms with van der Waals surface area (Å²) < 4.78 is 6.04. The lowest BCUT2D eigenvalue weighted by Gasteiger charge is -2.08. The lowest BCUT2D eigenvalue weighted by atomic mass is 10.2. The number of ether oxygens (including phenoxy) is 1. The molecule has 0 saturated carbocycles. The molecule has 0 aliphatic carbocycles. The molecule has 0 atom stereocenters. The van der Waals surface area contributed by atoms with Crippen molar-refractivity contribution in [2.24, 2.45) is 0 Å². The molecule has 0 heterocycles. The molecule has 0 fully saturated rings. The summed E-state index contributed by atoms with van der Waals surface area (Å²) in [6, 6.07) is 14.4. The van der Waals surface area contributed by atoms with Crippen molar-refractivity contribution in [3.05, 3.63) is 69.3 Å². The van der Waals surface area contributed by atoms with Gasteiger partial charge < -0.3 is 15.4 Å². The highest BCUT2D eigenvalue weighted by Crippen LogP contribution is 2.27. The van der Waals surface area contributed by atoms with Gasteiger partial charge in [0.15, 0.2) is 0 Å². The first-order valence-electron chi connectivity index (χ1n) is 7.26. The van der Waals surface area contributed by atoms with Gasteiger partial charge in [-0.25, -0.2) is 0 Å². The lowest BCUT2D eigenvalue weighted by molar-refractivity contribution is -0.112. The average Bonchev–Trinajstić information content (AvgIpc) is 2.60. The van der Waals surface area contributed by atoms with Crippen LogP contribution in [0.1, 0.15) is 5.56 Å². The highest BCUT2D eigenvalue weighted by atomic mass is 79.9. The minimum absolute atomic E-state index is 0.0379. The zero-order valence-electron chi connectivity index (χ0n) is 13.3. The van der Waals surface area contributed by atoms with Gasteiger partial charge in [-0.3, -0.25) is 4.79 Å². The van der Waals surface area contributed by atoms with Gasteiger partial charge in [-0.15, -0.1) is 0 Å². The Labute approximate surface area is 159 Å². The number of hydrogen-bond donors (Lipinski definition) is 2. The molecule has 0 aromatic heterocycles. The van der Waals surface area contributed by atoms with E-state index in [1.807, 2.05) is 30.3 Å². The van der Waals surface area contributed by atoms with Crippen LogP contribution in [0.15, 0.2) is 58.7 Å². The number of methoxy groups -OCH3 is 1. The van der Waals surface area contributed by atoms with Crippen molar-refractivity contribution < 1.29 is 9.53 Å². The molecule has 0 bridgehead atoms. The quantitative estimate of drug-likeness (QED) is 0.541. The molecule has 0 aliphatic heterocycles. The van der Waals surface area contributed by atoms with E-state index in [0.717, 1.165) is 10.0 Å². The van der Waals surface area contributed by atoms with E-state index in [4.69, 9.17) is 16.3 Å². The molecule has 25 heavy (non-hydrogen) atoms. The molecule has 2 rings (SSSR count). The first kappa shape index (κ1) is 18.8. The number of anilines is 1. The van der Waals surface area contributed by atoms with Crippen LogP contribution in [-0.4, -0.2) is 13.0 Å². The molecule has 5 nitrogen and oxygen atoms in total.